The Morgan fingerprint density at radius 2 is 0.776 bits per heavy atom. The first-order valence-corrected chi connectivity index (χ1v) is 24.5. The van der Waals surface area contributed by atoms with Crippen LogP contribution in [-0.2, 0) is 23.8 Å². The lowest BCUT2D eigenvalue weighted by atomic mass is 10.0. The van der Waals surface area contributed by atoms with Gasteiger partial charge in [0.05, 0.1) is 6.61 Å². The number of ether oxygens (including phenoxy) is 3. The van der Waals surface area contributed by atoms with Crippen LogP contribution >= 0.6 is 0 Å². The van der Waals surface area contributed by atoms with Crippen molar-refractivity contribution in [2.24, 2.45) is 0 Å². The normalized spacial score (nSPS) is 12.8. The molecule has 1 atom stereocenters. The molecule has 58 heavy (non-hydrogen) atoms. The highest BCUT2D eigenvalue weighted by Crippen LogP contribution is 2.14. The monoisotopic (exact) mass is 809 g/mol. The van der Waals surface area contributed by atoms with Crippen molar-refractivity contribution in [3.63, 3.8) is 0 Å². The maximum Gasteiger partial charge on any atom is 0.306 e. The topological polar surface area (TPSA) is 61.8 Å². The lowest BCUT2D eigenvalue weighted by Gasteiger charge is -2.18. The molecular formula is C53H92O5. The van der Waals surface area contributed by atoms with Gasteiger partial charge in [0.1, 0.15) is 6.61 Å². The second kappa shape index (κ2) is 48.7. The molecule has 0 aliphatic carbocycles. The van der Waals surface area contributed by atoms with Crippen molar-refractivity contribution in [3.8, 4) is 0 Å². The molecule has 0 spiro atoms. The van der Waals surface area contributed by atoms with Gasteiger partial charge in [0, 0.05) is 19.4 Å². The van der Waals surface area contributed by atoms with E-state index in [1.54, 1.807) is 0 Å². The predicted octanol–water partition coefficient (Wildman–Crippen LogP) is 16.3. The maximum atomic E-state index is 12.7. The van der Waals surface area contributed by atoms with Gasteiger partial charge in [-0.3, -0.25) is 9.59 Å². The third-order valence-corrected chi connectivity index (χ3v) is 10.3. The van der Waals surface area contributed by atoms with Crippen LogP contribution in [0.1, 0.15) is 226 Å². The number of carbonyl (C=O) groups is 2. The van der Waals surface area contributed by atoms with Gasteiger partial charge < -0.3 is 14.2 Å². The minimum absolute atomic E-state index is 0.0555. The van der Waals surface area contributed by atoms with Crippen molar-refractivity contribution < 1.29 is 23.8 Å². The van der Waals surface area contributed by atoms with Crippen molar-refractivity contribution in [3.05, 3.63) is 72.9 Å². The lowest BCUT2D eigenvalue weighted by molar-refractivity contribution is -0.162. The van der Waals surface area contributed by atoms with Crippen molar-refractivity contribution in [2.45, 2.75) is 232 Å². The van der Waals surface area contributed by atoms with E-state index in [4.69, 9.17) is 14.2 Å². The first-order chi connectivity index (χ1) is 28.6. The average Bonchev–Trinajstić information content (AvgIpc) is 3.22. The number of rotatable bonds is 44. The molecule has 0 amide bonds. The molecule has 0 heterocycles. The van der Waals surface area contributed by atoms with E-state index >= 15 is 0 Å². The summed E-state index contributed by atoms with van der Waals surface area (Å²) in [6.45, 7) is 7.61. The average molecular weight is 809 g/mol. The van der Waals surface area contributed by atoms with Crippen LogP contribution in [0.2, 0.25) is 0 Å². The van der Waals surface area contributed by atoms with Gasteiger partial charge in [0.15, 0.2) is 6.10 Å². The second-order valence-corrected chi connectivity index (χ2v) is 16.0. The van der Waals surface area contributed by atoms with Gasteiger partial charge in [0.25, 0.3) is 0 Å². The summed E-state index contributed by atoms with van der Waals surface area (Å²) in [5, 5.41) is 0. The lowest BCUT2D eigenvalue weighted by Crippen LogP contribution is -2.30. The number of carbonyl (C=O) groups excluding carboxylic acids is 2. The van der Waals surface area contributed by atoms with Crippen molar-refractivity contribution >= 4 is 11.9 Å². The minimum atomic E-state index is -0.572. The molecule has 0 N–H and O–H groups in total. The molecule has 0 aromatic rings. The molecule has 0 unspecified atom stereocenters. The Morgan fingerprint density at radius 1 is 0.397 bits per heavy atom. The Labute approximate surface area is 359 Å². The fourth-order valence-corrected chi connectivity index (χ4v) is 6.65. The Morgan fingerprint density at radius 3 is 1.21 bits per heavy atom. The van der Waals surface area contributed by atoms with Gasteiger partial charge in [-0.25, -0.2) is 0 Å². The molecule has 0 aliphatic heterocycles. The van der Waals surface area contributed by atoms with Crippen molar-refractivity contribution in [1.82, 2.24) is 0 Å². The Balaban J connectivity index is 4.29. The van der Waals surface area contributed by atoms with Crippen molar-refractivity contribution in [2.75, 3.05) is 19.8 Å². The second-order valence-electron chi connectivity index (χ2n) is 16.0. The predicted molar refractivity (Wildman–Crippen MR) is 251 cm³/mol. The van der Waals surface area contributed by atoms with E-state index < -0.39 is 6.10 Å². The zero-order chi connectivity index (χ0) is 42.1. The molecule has 0 rings (SSSR count). The van der Waals surface area contributed by atoms with E-state index in [0.29, 0.717) is 25.9 Å². The number of esters is 2. The molecular weight excluding hydrogens is 717 g/mol. The zero-order valence-corrected chi connectivity index (χ0v) is 38.3. The van der Waals surface area contributed by atoms with Crippen LogP contribution in [0.3, 0.4) is 0 Å². The van der Waals surface area contributed by atoms with Crippen molar-refractivity contribution in [1.29, 1.82) is 0 Å². The Hall–Kier alpha value is -2.66. The van der Waals surface area contributed by atoms with E-state index in [1.165, 1.54) is 116 Å². The van der Waals surface area contributed by atoms with E-state index in [2.05, 4.69) is 87.6 Å². The van der Waals surface area contributed by atoms with Crippen LogP contribution in [-0.4, -0.2) is 37.9 Å². The summed E-state index contributed by atoms with van der Waals surface area (Å²) in [7, 11) is 0. The number of hydrogen-bond donors (Lipinski definition) is 0. The van der Waals surface area contributed by atoms with E-state index in [-0.39, 0.29) is 25.2 Å². The third kappa shape index (κ3) is 46.0. The van der Waals surface area contributed by atoms with Gasteiger partial charge in [-0.1, -0.05) is 229 Å². The van der Waals surface area contributed by atoms with Crippen LogP contribution < -0.4 is 0 Å². The summed E-state index contributed by atoms with van der Waals surface area (Å²) < 4.78 is 17.2. The largest absolute Gasteiger partial charge is 0.462 e. The summed E-state index contributed by atoms with van der Waals surface area (Å²) in [5.74, 6) is -0.496. The third-order valence-electron chi connectivity index (χ3n) is 10.3. The summed E-state index contributed by atoms with van der Waals surface area (Å²) in [5.41, 5.74) is 0. The molecule has 0 bridgehead atoms. The Bertz CT molecular complexity index is 1050. The maximum absolute atomic E-state index is 12.7. The van der Waals surface area contributed by atoms with Gasteiger partial charge in [-0.2, -0.15) is 0 Å². The molecule has 334 valence electrons. The minimum Gasteiger partial charge on any atom is -0.462 e. The van der Waals surface area contributed by atoms with E-state index in [9.17, 15) is 9.59 Å². The molecule has 0 aromatic carbocycles. The van der Waals surface area contributed by atoms with Crippen LogP contribution in [0.5, 0.6) is 0 Å². The fraction of sp³-hybridized carbons (Fsp3) is 0.736. The molecule has 5 nitrogen and oxygen atoms in total. The summed E-state index contributed by atoms with van der Waals surface area (Å²) in [6.07, 6.45) is 62.2. The fourth-order valence-electron chi connectivity index (χ4n) is 6.65. The molecule has 0 fully saturated rings. The van der Waals surface area contributed by atoms with E-state index in [0.717, 1.165) is 70.6 Å². The number of unbranched alkanes of at least 4 members (excludes halogenated alkanes) is 21. The standard InChI is InChI=1S/C53H92O5/c1-4-7-10-13-16-18-20-22-24-26-27-28-29-31-33-35-38-41-44-47-53(55)58-51(50-57-52(54)46-43-40-37-15-12-9-6-3)49-56-48-45-42-39-36-34-32-30-25-23-21-19-17-14-11-8-5-2/h7,10,16,18,22,24,27-28,31,33,38,41,51H,4-6,8-9,11-15,17,19-21,23,25-26,29-30,32,34-37,39-40,42-50H2,1-3H3/b10-7-,18-16-,24-22-,28-27-,33-31-,41-38-/t51-/m1/s1. The van der Waals surface area contributed by atoms with Crippen LogP contribution in [0.4, 0.5) is 0 Å². The highest BCUT2D eigenvalue weighted by Gasteiger charge is 2.17. The van der Waals surface area contributed by atoms with Gasteiger partial charge >= 0.3 is 11.9 Å². The number of allylic oxidation sites excluding steroid dienone is 12. The van der Waals surface area contributed by atoms with Gasteiger partial charge in [0.2, 0.25) is 0 Å². The first kappa shape index (κ1) is 55.3. The van der Waals surface area contributed by atoms with E-state index in [1.807, 2.05) is 6.08 Å². The van der Waals surface area contributed by atoms with Crippen LogP contribution in [0.25, 0.3) is 0 Å². The molecule has 0 aliphatic rings. The number of hydrogen-bond acceptors (Lipinski definition) is 5. The highest BCUT2D eigenvalue weighted by molar-refractivity contribution is 5.70. The first-order valence-electron chi connectivity index (χ1n) is 24.5. The molecule has 0 aromatic heterocycles. The smallest absolute Gasteiger partial charge is 0.306 e. The Kier molecular flexibility index (Phi) is 46.5. The summed E-state index contributed by atoms with van der Waals surface area (Å²) in [6, 6.07) is 0. The van der Waals surface area contributed by atoms with Gasteiger partial charge in [-0.05, 0) is 57.8 Å². The molecule has 0 saturated carbocycles. The van der Waals surface area contributed by atoms with Gasteiger partial charge in [-0.15, -0.1) is 0 Å². The zero-order valence-electron chi connectivity index (χ0n) is 38.3. The quantitative estimate of drug-likeness (QED) is 0.0348. The summed E-state index contributed by atoms with van der Waals surface area (Å²) in [4.78, 5) is 25.2. The SMILES string of the molecule is CC/C=C\C/C=C\C/C=C\C/C=C\C/C=C\C/C=C\CCC(=O)O[C@H](COCCCCCCCCCCCCCCCCCC)COC(=O)CCCCCCCCC. The van der Waals surface area contributed by atoms with Crippen LogP contribution in [0, 0.1) is 0 Å². The molecule has 0 saturated heterocycles. The summed E-state index contributed by atoms with van der Waals surface area (Å²) >= 11 is 0. The van der Waals surface area contributed by atoms with Crippen LogP contribution in [0.15, 0.2) is 72.9 Å². The molecule has 0 radical (unpaired) electrons. The highest BCUT2D eigenvalue weighted by atomic mass is 16.6. The molecule has 5 heteroatoms.